The van der Waals surface area contributed by atoms with Crippen molar-refractivity contribution >= 4 is 5.78 Å². The minimum absolute atomic E-state index is 0.316. The van der Waals surface area contributed by atoms with Crippen molar-refractivity contribution in [3.8, 4) is 0 Å². The number of Topliss-reactive ketones (excluding diaryl/α,β-unsaturated/α-hetero) is 1. The second-order valence-corrected chi connectivity index (χ2v) is 5.95. The first-order valence-corrected chi connectivity index (χ1v) is 7.07. The summed E-state index contributed by atoms with van der Waals surface area (Å²) < 4.78 is 0. The summed E-state index contributed by atoms with van der Waals surface area (Å²) in [7, 11) is 0. The molecule has 3 unspecified atom stereocenters. The van der Waals surface area contributed by atoms with Crippen molar-refractivity contribution in [3.05, 3.63) is 0 Å². The van der Waals surface area contributed by atoms with Gasteiger partial charge in [-0.25, -0.2) is 0 Å². The van der Waals surface area contributed by atoms with Crippen LogP contribution in [0.15, 0.2) is 0 Å². The molecule has 0 aromatic carbocycles. The molecule has 0 bridgehead atoms. The predicted molar refractivity (Wildman–Crippen MR) is 70.1 cm³/mol. The molecule has 2 saturated heterocycles. The van der Waals surface area contributed by atoms with E-state index in [0.29, 0.717) is 24.3 Å². The first-order valence-electron chi connectivity index (χ1n) is 7.07. The van der Waals surface area contributed by atoms with Crippen molar-refractivity contribution in [2.75, 3.05) is 19.6 Å². The standard InChI is InChI=1S/C14H26N2O/c1-11(8-13(3)17)16-10-14-6-4-5-7-15(14)9-12(16)2/h11-12,14H,4-10H2,1-3H3. The number of rotatable bonds is 3. The molecule has 0 saturated carbocycles. The minimum atomic E-state index is 0.316. The molecule has 17 heavy (non-hydrogen) atoms. The van der Waals surface area contributed by atoms with Gasteiger partial charge in [0.2, 0.25) is 0 Å². The number of carbonyl (C=O) groups excluding carboxylic acids is 1. The maximum Gasteiger partial charge on any atom is 0.131 e. The van der Waals surface area contributed by atoms with Crippen LogP contribution in [-0.2, 0) is 4.79 Å². The van der Waals surface area contributed by atoms with E-state index in [1.165, 1.54) is 32.4 Å². The molecule has 0 spiro atoms. The third-order valence-electron chi connectivity index (χ3n) is 4.38. The topological polar surface area (TPSA) is 23.6 Å². The fourth-order valence-electron chi connectivity index (χ4n) is 3.52. The summed E-state index contributed by atoms with van der Waals surface area (Å²) in [5, 5.41) is 0. The van der Waals surface area contributed by atoms with Gasteiger partial charge in [0, 0.05) is 37.6 Å². The Hall–Kier alpha value is -0.410. The summed E-state index contributed by atoms with van der Waals surface area (Å²) in [5.41, 5.74) is 0. The molecule has 0 N–H and O–H groups in total. The molecule has 2 fully saturated rings. The highest BCUT2D eigenvalue weighted by atomic mass is 16.1. The molecule has 0 aromatic heterocycles. The van der Waals surface area contributed by atoms with E-state index >= 15 is 0 Å². The maximum absolute atomic E-state index is 11.2. The van der Waals surface area contributed by atoms with E-state index < -0.39 is 0 Å². The van der Waals surface area contributed by atoms with Crippen molar-refractivity contribution in [1.82, 2.24) is 9.80 Å². The molecule has 0 amide bonds. The lowest BCUT2D eigenvalue weighted by Crippen LogP contribution is -2.60. The lowest BCUT2D eigenvalue weighted by Gasteiger charge is -2.49. The summed E-state index contributed by atoms with van der Waals surface area (Å²) in [6.07, 6.45) is 4.80. The molecule has 2 aliphatic rings. The van der Waals surface area contributed by atoms with Gasteiger partial charge in [-0.2, -0.15) is 0 Å². The van der Waals surface area contributed by atoms with Crippen molar-refractivity contribution < 1.29 is 4.79 Å². The van der Waals surface area contributed by atoms with Gasteiger partial charge < -0.3 is 0 Å². The van der Waals surface area contributed by atoms with Crippen molar-refractivity contribution in [2.24, 2.45) is 0 Å². The van der Waals surface area contributed by atoms with Crippen LogP contribution in [-0.4, -0.2) is 53.3 Å². The monoisotopic (exact) mass is 238 g/mol. The number of nitrogens with zero attached hydrogens (tertiary/aromatic N) is 2. The molecule has 0 aliphatic carbocycles. The molecular weight excluding hydrogens is 212 g/mol. The van der Waals surface area contributed by atoms with Crippen LogP contribution in [0.3, 0.4) is 0 Å². The van der Waals surface area contributed by atoms with Crippen LogP contribution >= 0.6 is 0 Å². The molecule has 0 radical (unpaired) electrons. The molecule has 98 valence electrons. The molecule has 0 aromatic rings. The summed E-state index contributed by atoms with van der Waals surface area (Å²) in [6.45, 7) is 9.85. The Bertz CT molecular complexity index is 279. The van der Waals surface area contributed by atoms with Crippen LogP contribution in [0.4, 0.5) is 0 Å². The van der Waals surface area contributed by atoms with E-state index in [1.54, 1.807) is 6.92 Å². The van der Waals surface area contributed by atoms with Crippen molar-refractivity contribution in [3.63, 3.8) is 0 Å². The predicted octanol–water partition coefficient (Wildman–Crippen LogP) is 1.91. The number of piperazine rings is 1. The van der Waals surface area contributed by atoms with Gasteiger partial charge in [-0.15, -0.1) is 0 Å². The van der Waals surface area contributed by atoms with Gasteiger partial charge in [0.1, 0.15) is 5.78 Å². The molecule has 3 heteroatoms. The normalized spacial score (nSPS) is 33.1. The largest absolute Gasteiger partial charge is 0.300 e. The van der Waals surface area contributed by atoms with Gasteiger partial charge in [-0.3, -0.25) is 14.6 Å². The Morgan fingerprint density at radius 1 is 1.35 bits per heavy atom. The fraction of sp³-hybridized carbons (Fsp3) is 0.929. The van der Waals surface area contributed by atoms with Crippen LogP contribution < -0.4 is 0 Å². The molecular formula is C14H26N2O. The highest BCUT2D eigenvalue weighted by molar-refractivity contribution is 5.76. The highest BCUT2D eigenvalue weighted by Gasteiger charge is 2.34. The lowest BCUT2D eigenvalue weighted by molar-refractivity contribution is -0.118. The smallest absolute Gasteiger partial charge is 0.131 e. The molecule has 2 aliphatic heterocycles. The first kappa shape index (κ1) is 13.0. The zero-order valence-corrected chi connectivity index (χ0v) is 11.5. The van der Waals surface area contributed by atoms with E-state index in [4.69, 9.17) is 0 Å². The Balaban J connectivity index is 1.96. The fourth-order valence-corrected chi connectivity index (χ4v) is 3.52. The van der Waals surface area contributed by atoms with Crippen LogP contribution in [0.25, 0.3) is 0 Å². The Kier molecular flexibility index (Phi) is 4.21. The average molecular weight is 238 g/mol. The van der Waals surface area contributed by atoms with E-state index in [9.17, 15) is 4.79 Å². The molecule has 3 nitrogen and oxygen atoms in total. The van der Waals surface area contributed by atoms with Gasteiger partial charge in [0.25, 0.3) is 0 Å². The van der Waals surface area contributed by atoms with Crippen LogP contribution in [0, 0.1) is 0 Å². The van der Waals surface area contributed by atoms with Gasteiger partial charge >= 0.3 is 0 Å². The number of hydrogen-bond acceptors (Lipinski definition) is 3. The van der Waals surface area contributed by atoms with E-state index in [-0.39, 0.29) is 0 Å². The van der Waals surface area contributed by atoms with Crippen LogP contribution in [0.1, 0.15) is 46.5 Å². The number of hydrogen-bond donors (Lipinski definition) is 0. The van der Waals surface area contributed by atoms with Gasteiger partial charge in [0.05, 0.1) is 0 Å². The third-order valence-corrected chi connectivity index (χ3v) is 4.38. The Labute approximate surface area is 105 Å². The van der Waals surface area contributed by atoms with Crippen molar-refractivity contribution in [2.45, 2.75) is 64.6 Å². The first-order chi connectivity index (χ1) is 8.08. The number of ketones is 1. The molecule has 2 rings (SSSR count). The van der Waals surface area contributed by atoms with Gasteiger partial charge in [0.15, 0.2) is 0 Å². The second-order valence-electron chi connectivity index (χ2n) is 5.95. The quantitative estimate of drug-likeness (QED) is 0.750. The van der Waals surface area contributed by atoms with Crippen LogP contribution in [0.2, 0.25) is 0 Å². The summed E-state index contributed by atoms with van der Waals surface area (Å²) in [5.74, 6) is 0.316. The highest BCUT2D eigenvalue weighted by Crippen LogP contribution is 2.25. The summed E-state index contributed by atoms with van der Waals surface area (Å²) in [6, 6.07) is 1.75. The van der Waals surface area contributed by atoms with Crippen LogP contribution in [0.5, 0.6) is 0 Å². The van der Waals surface area contributed by atoms with E-state index in [2.05, 4.69) is 23.6 Å². The third kappa shape index (κ3) is 3.08. The maximum atomic E-state index is 11.2. The number of piperidine rings is 1. The van der Waals surface area contributed by atoms with E-state index in [0.717, 1.165) is 12.6 Å². The van der Waals surface area contributed by atoms with Crippen molar-refractivity contribution in [1.29, 1.82) is 0 Å². The zero-order chi connectivity index (χ0) is 12.4. The minimum Gasteiger partial charge on any atom is -0.300 e. The second kappa shape index (κ2) is 5.49. The SMILES string of the molecule is CC(=O)CC(C)N1CC2CCCCN2CC1C. The average Bonchev–Trinajstić information content (AvgIpc) is 2.27. The van der Waals surface area contributed by atoms with Gasteiger partial charge in [-0.05, 0) is 40.2 Å². The Morgan fingerprint density at radius 3 is 2.82 bits per heavy atom. The summed E-state index contributed by atoms with van der Waals surface area (Å²) in [4.78, 5) is 16.5. The number of fused-ring (bicyclic) bond motifs is 1. The van der Waals surface area contributed by atoms with Gasteiger partial charge in [-0.1, -0.05) is 6.42 Å². The van der Waals surface area contributed by atoms with E-state index in [1.807, 2.05) is 0 Å². The molecule has 3 atom stereocenters. The zero-order valence-electron chi connectivity index (χ0n) is 11.5. The summed E-state index contributed by atoms with van der Waals surface area (Å²) >= 11 is 0. The Morgan fingerprint density at radius 2 is 2.12 bits per heavy atom. The number of carbonyl (C=O) groups is 1. The molecule has 2 heterocycles. The lowest BCUT2D eigenvalue weighted by atomic mass is 9.95.